The number of carbonyl (C=O) groups excluding carboxylic acids is 3. The first-order valence-electron chi connectivity index (χ1n) is 10.5. The van der Waals surface area contributed by atoms with Gasteiger partial charge >= 0.3 is 5.97 Å². The molecule has 5 rings (SSSR count). The van der Waals surface area contributed by atoms with Crippen molar-refractivity contribution in [2.45, 2.75) is 58.0 Å². The van der Waals surface area contributed by atoms with Crippen LogP contribution >= 0.6 is 0 Å². The van der Waals surface area contributed by atoms with E-state index in [4.69, 9.17) is 4.74 Å². The van der Waals surface area contributed by atoms with Crippen LogP contribution in [0.5, 0.6) is 0 Å². The van der Waals surface area contributed by atoms with Gasteiger partial charge in [-0.15, -0.1) is 0 Å². The van der Waals surface area contributed by atoms with Gasteiger partial charge < -0.3 is 10.1 Å². The van der Waals surface area contributed by atoms with Crippen molar-refractivity contribution in [3.63, 3.8) is 0 Å². The summed E-state index contributed by atoms with van der Waals surface area (Å²) in [6.45, 7) is 1.48. The summed E-state index contributed by atoms with van der Waals surface area (Å²) in [5.41, 5.74) is 0.615. The van der Waals surface area contributed by atoms with Crippen LogP contribution in [0.25, 0.3) is 0 Å². The van der Waals surface area contributed by atoms with Gasteiger partial charge in [0.25, 0.3) is 0 Å². The number of benzene rings is 1. The number of Topliss-reactive ketones (excluding diaryl/α,β-unsaturated/α-hetero) is 1. The molecule has 0 aliphatic heterocycles. The lowest BCUT2D eigenvalue weighted by Gasteiger charge is -2.56. The van der Waals surface area contributed by atoms with Crippen molar-refractivity contribution in [1.82, 2.24) is 5.32 Å². The minimum absolute atomic E-state index is 0.0931. The van der Waals surface area contributed by atoms with Gasteiger partial charge in [-0.1, -0.05) is 30.3 Å². The fraction of sp³-hybridized carbons (Fsp3) is 0.609. The Balaban J connectivity index is 1.26. The van der Waals surface area contributed by atoms with Crippen molar-refractivity contribution in [2.75, 3.05) is 6.54 Å². The smallest absolute Gasteiger partial charge is 0.326 e. The van der Waals surface area contributed by atoms with Gasteiger partial charge in [-0.2, -0.15) is 0 Å². The summed E-state index contributed by atoms with van der Waals surface area (Å²) >= 11 is 0. The molecule has 150 valence electrons. The summed E-state index contributed by atoms with van der Waals surface area (Å²) in [5.74, 6) is 1.34. The summed E-state index contributed by atoms with van der Waals surface area (Å²) in [7, 11) is 0. The SMILES string of the molecule is CC(OC(=O)CNC(=O)Cc1ccccc1)C(=O)C12CC3CC(CC(C3)C1)C2. The summed E-state index contributed by atoms with van der Waals surface area (Å²) in [5, 5.41) is 2.59. The van der Waals surface area contributed by atoms with E-state index in [1.807, 2.05) is 30.3 Å². The van der Waals surface area contributed by atoms with Crippen LogP contribution < -0.4 is 5.32 Å². The second-order valence-electron chi connectivity index (χ2n) is 9.13. The molecule has 4 aliphatic carbocycles. The zero-order valence-corrected chi connectivity index (χ0v) is 16.5. The van der Waals surface area contributed by atoms with Crippen LogP contribution in [0.3, 0.4) is 0 Å². The molecule has 1 amide bonds. The van der Waals surface area contributed by atoms with Crippen LogP contribution in [0, 0.1) is 23.2 Å². The van der Waals surface area contributed by atoms with Gasteiger partial charge in [-0.3, -0.25) is 14.4 Å². The molecule has 1 aromatic carbocycles. The molecule has 5 nitrogen and oxygen atoms in total. The van der Waals surface area contributed by atoms with Gasteiger partial charge in [-0.05, 0) is 68.8 Å². The second-order valence-corrected chi connectivity index (χ2v) is 9.13. The monoisotopic (exact) mass is 383 g/mol. The molecule has 28 heavy (non-hydrogen) atoms. The van der Waals surface area contributed by atoms with Crippen LogP contribution in [0.1, 0.15) is 51.0 Å². The number of ether oxygens (including phenoxy) is 1. The molecule has 1 aromatic rings. The largest absolute Gasteiger partial charge is 0.453 e. The fourth-order valence-electron chi connectivity index (χ4n) is 6.15. The van der Waals surface area contributed by atoms with Gasteiger partial charge in [0.1, 0.15) is 6.54 Å². The average molecular weight is 383 g/mol. The number of amides is 1. The van der Waals surface area contributed by atoms with Crippen molar-refractivity contribution in [3.05, 3.63) is 35.9 Å². The summed E-state index contributed by atoms with van der Waals surface area (Å²) in [6.07, 6.45) is 6.19. The number of nitrogens with one attached hydrogen (secondary N) is 1. The number of rotatable bonds is 7. The molecule has 1 N–H and O–H groups in total. The summed E-state index contributed by atoms with van der Waals surface area (Å²) < 4.78 is 5.40. The quantitative estimate of drug-likeness (QED) is 0.735. The van der Waals surface area contributed by atoms with E-state index < -0.39 is 12.1 Å². The highest BCUT2D eigenvalue weighted by Gasteiger charge is 2.55. The van der Waals surface area contributed by atoms with Crippen molar-refractivity contribution >= 4 is 17.7 Å². The third-order valence-corrected chi connectivity index (χ3v) is 6.88. The first-order valence-corrected chi connectivity index (χ1v) is 10.5. The molecule has 4 bridgehead atoms. The van der Waals surface area contributed by atoms with Gasteiger partial charge in [0.2, 0.25) is 5.91 Å². The summed E-state index contributed by atoms with van der Waals surface area (Å²) in [4.78, 5) is 37.3. The number of hydrogen-bond acceptors (Lipinski definition) is 4. The van der Waals surface area contributed by atoms with E-state index in [9.17, 15) is 14.4 Å². The van der Waals surface area contributed by atoms with Crippen LogP contribution in [0.2, 0.25) is 0 Å². The third-order valence-electron chi connectivity index (χ3n) is 6.88. The lowest BCUT2D eigenvalue weighted by molar-refractivity contribution is -0.164. The first kappa shape index (κ1) is 19.2. The van der Waals surface area contributed by atoms with E-state index >= 15 is 0 Å². The predicted molar refractivity (Wildman–Crippen MR) is 104 cm³/mol. The molecule has 0 saturated heterocycles. The van der Waals surface area contributed by atoms with Gasteiger partial charge in [0, 0.05) is 5.41 Å². The maximum absolute atomic E-state index is 13.1. The standard InChI is InChI=1S/C23H29NO4/c1-15(22(27)23-11-17-7-18(12-23)9-19(8-17)13-23)28-21(26)14-24-20(25)10-16-5-3-2-4-6-16/h2-6,15,17-19H,7-14H2,1H3,(H,24,25). The fourth-order valence-corrected chi connectivity index (χ4v) is 6.15. The molecule has 4 fully saturated rings. The van der Waals surface area contributed by atoms with E-state index in [1.165, 1.54) is 19.3 Å². The number of hydrogen-bond donors (Lipinski definition) is 1. The van der Waals surface area contributed by atoms with E-state index in [2.05, 4.69) is 5.32 Å². The maximum atomic E-state index is 13.1. The van der Waals surface area contributed by atoms with Crippen molar-refractivity contribution in [2.24, 2.45) is 23.2 Å². The second kappa shape index (κ2) is 7.69. The van der Waals surface area contributed by atoms with Gasteiger partial charge in [-0.25, -0.2) is 0 Å². The van der Waals surface area contributed by atoms with Crippen LogP contribution in [0.4, 0.5) is 0 Å². The number of carbonyl (C=O) groups is 3. The molecule has 5 heteroatoms. The number of esters is 1. The van der Waals surface area contributed by atoms with Gasteiger partial charge in [0.15, 0.2) is 11.9 Å². The Bertz CT molecular complexity index is 722. The zero-order valence-electron chi connectivity index (χ0n) is 16.5. The molecule has 0 radical (unpaired) electrons. The summed E-state index contributed by atoms with van der Waals surface area (Å²) in [6, 6.07) is 9.36. The molecule has 0 spiro atoms. The van der Waals surface area contributed by atoms with E-state index in [1.54, 1.807) is 6.92 Å². The molecule has 0 heterocycles. The Morgan fingerprint density at radius 2 is 1.61 bits per heavy atom. The van der Waals surface area contributed by atoms with E-state index in [0.29, 0.717) is 17.8 Å². The Labute approximate surface area is 166 Å². The zero-order chi connectivity index (χ0) is 19.7. The highest BCUT2D eigenvalue weighted by Crippen LogP contribution is 2.60. The van der Waals surface area contributed by atoms with Crippen molar-refractivity contribution in [3.8, 4) is 0 Å². The Morgan fingerprint density at radius 3 is 2.18 bits per heavy atom. The first-order chi connectivity index (χ1) is 13.4. The minimum atomic E-state index is -0.741. The molecule has 0 aromatic heterocycles. The van der Waals surface area contributed by atoms with Crippen LogP contribution in [-0.2, 0) is 25.5 Å². The Morgan fingerprint density at radius 1 is 1.04 bits per heavy atom. The minimum Gasteiger partial charge on any atom is -0.453 e. The van der Waals surface area contributed by atoms with Crippen LogP contribution in [0.15, 0.2) is 30.3 Å². The average Bonchev–Trinajstić information content (AvgIpc) is 2.65. The van der Waals surface area contributed by atoms with Crippen molar-refractivity contribution in [1.29, 1.82) is 0 Å². The highest BCUT2D eigenvalue weighted by atomic mass is 16.5. The Kier molecular flexibility index (Phi) is 5.26. The molecule has 4 saturated carbocycles. The predicted octanol–water partition coefficient (Wildman–Crippen LogP) is 3.06. The molecular weight excluding hydrogens is 354 g/mol. The topological polar surface area (TPSA) is 72.5 Å². The Hall–Kier alpha value is -2.17. The van der Waals surface area contributed by atoms with E-state index in [-0.39, 0.29) is 30.1 Å². The lowest BCUT2D eigenvalue weighted by atomic mass is 9.48. The van der Waals surface area contributed by atoms with E-state index in [0.717, 1.165) is 24.8 Å². The lowest BCUT2D eigenvalue weighted by Crippen LogP contribution is -2.53. The molecule has 1 atom stereocenters. The van der Waals surface area contributed by atoms with Gasteiger partial charge in [0.05, 0.1) is 6.42 Å². The highest BCUT2D eigenvalue weighted by molar-refractivity contribution is 5.91. The molecule has 4 aliphatic rings. The number of ketones is 1. The van der Waals surface area contributed by atoms with Crippen molar-refractivity contribution < 1.29 is 19.1 Å². The molecule has 1 unspecified atom stereocenters. The normalized spacial score (nSPS) is 31.2. The van der Waals surface area contributed by atoms with Crippen LogP contribution in [-0.4, -0.2) is 30.3 Å². The third kappa shape index (κ3) is 3.98. The molecular formula is C23H29NO4. The maximum Gasteiger partial charge on any atom is 0.326 e.